The fraction of sp³-hybridized carbons (Fsp3) is 1.00. The van der Waals surface area contributed by atoms with Gasteiger partial charge in [-0.2, -0.15) is 0 Å². The Kier molecular flexibility index (Phi) is 14.8. The average Bonchev–Trinajstić information content (AvgIpc) is 2.54. The molecule has 0 heterocycles. The van der Waals surface area contributed by atoms with Crippen LogP contribution in [0.15, 0.2) is 0 Å². The molecule has 0 aliphatic rings. The number of hydrogen-bond donors (Lipinski definition) is 0. The smallest absolute Gasteiger partial charge is 0.178 e. The Bertz CT molecular complexity index is 421. The SMILES string of the molecule is CCCCCCCCCCCCCCCC[N+](C)(C)C(CC)S(=O)(=O)[O-]. The van der Waals surface area contributed by atoms with Gasteiger partial charge >= 0.3 is 0 Å². The third kappa shape index (κ3) is 13.1. The first-order valence-corrected chi connectivity index (χ1v) is 12.5. The number of quaternary nitrogens is 1. The van der Waals surface area contributed by atoms with E-state index in [4.69, 9.17) is 0 Å². The molecule has 0 aliphatic heterocycles. The minimum absolute atomic E-state index is 0.292. The number of hydrogen-bond acceptors (Lipinski definition) is 3. The van der Waals surface area contributed by atoms with Crippen molar-refractivity contribution in [1.82, 2.24) is 0 Å². The number of rotatable bonds is 18. The van der Waals surface area contributed by atoms with Crippen LogP contribution in [-0.2, 0) is 10.1 Å². The van der Waals surface area contributed by atoms with E-state index in [1.54, 1.807) is 6.92 Å². The van der Waals surface area contributed by atoms with Crippen LogP contribution in [0.1, 0.15) is 110 Å². The summed E-state index contributed by atoms with van der Waals surface area (Å²) in [7, 11) is -0.486. The van der Waals surface area contributed by atoms with Crippen molar-refractivity contribution in [1.29, 1.82) is 0 Å². The van der Waals surface area contributed by atoms with Crippen molar-refractivity contribution in [2.75, 3.05) is 20.6 Å². The molecular formula is C21H45NO3S. The van der Waals surface area contributed by atoms with Gasteiger partial charge in [-0.3, -0.25) is 0 Å². The molecule has 0 amide bonds. The second-order valence-corrected chi connectivity index (χ2v) is 9.98. The van der Waals surface area contributed by atoms with Gasteiger partial charge in [0.05, 0.1) is 20.6 Å². The number of unbranched alkanes of at least 4 members (excludes halogenated alkanes) is 13. The van der Waals surface area contributed by atoms with Gasteiger partial charge in [0.1, 0.15) is 10.1 Å². The highest BCUT2D eigenvalue weighted by molar-refractivity contribution is 7.86. The summed E-state index contributed by atoms with van der Waals surface area (Å²) in [6, 6.07) is 0. The molecule has 1 atom stereocenters. The Morgan fingerprint density at radius 1 is 0.692 bits per heavy atom. The average molecular weight is 392 g/mol. The zero-order valence-electron chi connectivity index (χ0n) is 18.0. The molecule has 0 rings (SSSR count). The van der Waals surface area contributed by atoms with Gasteiger partial charge in [0.2, 0.25) is 0 Å². The third-order valence-electron chi connectivity index (χ3n) is 5.55. The molecule has 0 radical (unpaired) electrons. The standard InChI is InChI=1S/C21H45NO3S/c1-5-7-8-9-10-11-12-13-14-15-16-17-18-19-20-22(3,4)21(6-2)26(23,24)25/h21H,5-20H2,1-4H3. The van der Waals surface area contributed by atoms with Gasteiger partial charge in [-0.15, -0.1) is 0 Å². The summed E-state index contributed by atoms with van der Waals surface area (Å²) in [5.41, 5.74) is 0. The predicted octanol–water partition coefficient (Wildman–Crippen LogP) is 5.83. The van der Waals surface area contributed by atoms with Gasteiger partial charge in [0.15, 0.2) is 5.37 Å². The molecule has 0 spiro atoms. The van der Waals surface area contributed by atoms with Crippen LogP contribution in [0.3, 0.4) is 0 Å². The predicted molar refractivity (Wildman–Crippen MR) is 111 cm³/mol. The van der Waals surface area contributed by atoms with Crippen LogP contribution < -0.4 is 0 Å². The topological polar surface area (TPSA) is 57.2 Å². The first kappa shape index (κ1) is 25.9. The summed E-state index contributed by atoms with van der Waals surface area (Å²) in [4.78, 5) is 0. The largest absolute Gasteiger partial charge is 0.743 e. The molecule has 0 aliphatic carbocycles. The first-order valence-electron chi connectivity index (χ1n) is 11.0. The summed E-state index contributed by atoms with van der Waals surface area (Å²) in [6.07, 6.45) is 18.8. The normalized spacial score (nSPS) is 13.9. The van der Waals surface area contributed by atoms with E-state index in [0.29, 0.717) is 10.9 Å². The molecule has 26 heavy (non-hydrogen) atoms. The van der Waals surface area contributed by atoms with Crippen molar-refractivity contribution in [3.63, 3.8) is 0 Å². The van der Waals surface area contributed by atoms with E-state index in [1.807, 2.05) is 14.1 Å². The second kappa shape index (κ2) is 14.9. The fourth-order valence-electron chi connectivity index (χ4n) is 3.91. The zero-order chi connectivity index (χ0) is 19.9. The molecule has 0 saturated heterocycles. The van der Waals surface area contributed by atoms with E-state index in [2.05, 4.69) is 6.92 Å². The van der Waals surface area contributed by atoms with Gasteiger partial charge < -0.3 is 9.04 Å². The molecule has 0 N–H and O–H groups in total. The van der Waals surface area contributed by atoms with Crippen LogP contribution in [0.4, 0.5) is 0 Å². The van der Waals surface area contributed by atoms with Gasteiger partial charge in [-0.25, -0.2) is 8.42 Å². The maximum Gasteiger partial charge on any atom is 0.178 e. The molecule has 5 heteroatoms. The lowest BCUT2D eigenvalue weighted by atomic mass is 10.0. The van der Waals surface area contributed by atoms with Crippen molar-refractivity contribution >= 4 is 10.1 Å². The van der Waals surface area contributed by atoms with E-state index < -0.39 is 15.5 Å². The van der Waals surface area contributed by atoms with Gasteiger partial charge in [-0.1, -0.05) is 90.9 Å². The minimum Gasteiger partial charge on any atom is -0.743 e. The molecule has 0 aromatic heterocycles. The van der Waals surface area contributed by atoms with Crippen LogP contribution in [0.25, 0.3) is 0 Å². The van der Waals surface area contributed by atoms with Crippen LogP contribution in [0.2, 0.25) is 0 Å². The molecule has 158 valence electrons. The molecule has 0 aromatic carbocycles. The summed E-state index contributed by atoms with van der Waals surface area (Å²) < 4.78 is 34.4. The van der Waals surface area contributed by atoms with E-state index in [9.17, 15) is 13.0 Å². The molecule has 1 unspecified atom stereocenters. The minimum atomic E-state index is -4.22. The van der Waals surface area contributed by atoms with E-state index in [-0.39, 0.29) is 0 Å². The lowest BCUT2D eigenvalue weighted by molar-refractivity contribution is -0.902. The fourth-order valence-corrected chi connectivity index (χ4v) is 5.12. The Labute approximate surface area is 164 Å². The Hall–Kier alpha value is -0.130. The van der Waals surface area contributed by atoms with Crippen molar-refractivity contribution in [2.24, 2.45) is 0 Å². The molecule has 4 nitrogen and oxygen atoms in total. The molecule has 0 bridgehead atoms. The van der Waals surface area contributed by atoms with Crippen LogP contribution in [0.5, 0.6) is 0 Å². The van der Waals surface area contributed by atoms with E-state index in [1.165, 1.54) is 77.0 Å². The maximum absolute atomic E-state index is 11.4. The van der Waals surface area contributed by atoms with Crippen molar-refractivity contribution in [2.45, 2.75) is 116 Å². The zero-order valence-corrected chi connectivity index (χ0v) is 18.8. The molecule has 0 saturated carbocycles. The summed E-state index contributed by atoms with van der Waals surface area (Å²) >= 11 is 0. The molecule has 0 fully saturated rings. The summed E-state index contributed by atoms with van der Waals surface area (Å²) in [6.45, 7) is 4.81. The monoisotopic (exact) mass is 391 g/mol. The Morgan fingerprint density at radius 3 is 1.35 bits per heavy atom. The highest BCUT2D eigenvalue weighted by Gasteiger charge is 2.31. The van der Waals surface area contributed by atoms with Gasteiger partial charge in [-0.05, 0) is 12.8 Å². The summed E-state index contributed by atoms with van der Waals surface area (Å²) in [5, 5.41) is -0.815. The lowest BCUT2D eigenvalue weighted by Gasteiger charge is -2.38. The van der Waals surface area contributed by atoms with Crippen LogP contribution in [0, 0.1) is 0 Å². The van der Waals surface area contributed by atoms with Gasteiger partial charge in [0, 0.05) is 6.42 Å². The van der Waals surface area contributed by atoms with E-state index in [0.717, 1.165) is 19.4 Å². The van der Waals surface area contributed by atoms with Crippen molar-refractivity contribution in [3.05, 3.63) is 0 Å². The second-order valence-electron chi connectivity index (χ2n) is 8.45. The van der Waals surface area contributed by atoms with Crippen molar-refractivity contribution < 1.29 is 17.5 Å². The Morgan fingerprint density at radius 2 is 1.04 bits per heavy atom. The Balaban J connectivity index is 3.56. The molecule has 0 aromatic rings. The number of nitrogens with zero attached hydrogens (tertiary/aromatic N) is 1. The first-order chi connectivity index (χ1) is 12.3. The highest BCUT2D eigenvalue weighted by atomic mass is 32.2. The van der Waals surface area contributed by atoms with Crippen molar-refractivity contribution in [3.8, 4) is 0 Å². The maximum atomic E-state index is 11.4. The third-order valence-corrected chi connectivity index (χ3v) is 7.12. The molecular weight excluding hydrogens is 346 g/mol. The van der Waals surface area contributed by atoms with Crippen LogP contribution >= 0.6 is 0 Å². The van der Waals surface area contributed by atoms with Gasteiger partial charge in [0.25, 0.3) is 0 Å². The lowest BCUT2D eigenvalue weighted by Crippen LogP contribution is -2.52. The highest BCUT2D eigenvalue weighted by Crippen LogP contribution is 2.18. The van der Waals surface area contributed by atoms with E-state index >= 15 is 0 Å². The summed E-state index contributed by atoms with van der Waals surface area (Å²) in [5.74, 6) is 0. The van der Waals surface area contributed by atoms with Crippen LogP contribution in [-0.4, -0.2) is 43.5 Å². The quantitative estimate of drug-likeness (QED) is 0.168.